The second-order valence-corrected chi connectivity index (χ2v) is 5.15. The Morgan fingerprint density at radius 2 is 1.77 bits per heavy atom. The molecule has 0 bridgehead atoms. The number of imide groups is 1. The van der Waals surface area contributed by atoms with Crippen molar-refractivity contribution in [1.29, 1.82) is 0 Å². The maximum atomic E-state index is 12.6. The number of morpholine rings is 1. The van der Waals surface area contributed by atoms with E-state index >= 15 is 0 Å². The number of piperidine rings is 1. The predicted octanol–water partition coefficient (Wildman–Crippen LogP) is -1.14. The number of carbonyl (C=O) groups is 3. The van der Waals surface area contributed by atoms with Crippen LogP contribution in [0.3, 0.4) is 0 Å². The Bertz CT molecular complexity index is 663. The minimum atomic E-state index is -0.673. The zero-order valence-electron chi connectivity index (χ0n) is 11.8. The fourth-order valence-electron chi connectivity index (χ4n) is 2.68. The number of carbonyl (C=O) groups excluding carboxylic acids is 3. The van der Waals surface area contributed by atoms with Gasteiger partial charge in [0.25, 0.3) is 5.91 Å². The highest BCUT2D eigenvalue weighted by atomic mass is 16.5. The first-order valence-electron chi connectivity index (χ1n) is 7.00. The van der Waals surface area contributed by atoms with E-state index < -0.39 is 11.9 Å². The summed E-state index contributed by atoms with van der Waals surface area (Å²) in [7, 11) is 0. The lowest BCUT2D eigenvalue weighted by Gasteiger charge is -2.39. The van der Waals surface area contributed by atoms with Crippen LogP contribution in [0.4, 0.5) is 0 Å². The molecule has 0 aromatic carbocycles. The van der Waals surface area contributed by atoms with Crippen LogP contribution in [0.5, 0.6) is 0 Å². The second-order valence-electron chi connectivity index (χ2n) is 5.15. The highest BCUT2D eigenvalue weighted by Crippen LogP contribution is 2.19. The Kier molecular flexibility index (Phi) is 3.76. The number of rotatable bonds is 2. The molecule has 8 nitrogen and oxygen atoms in total. The molecule has 2 aliphatic heterocycles. The van der Waals surface area contributed by atoms with E-state index in [0.717, 1.165) is 5.01 Å². The molecule has 22 heavy (non-hydrogen) atoms. The second kappa shape index (κ2) is 5.72. The molecule has 1 unspecified atom stereocenters. The summed E-state index contributed by atoms with van der Waals surface area (Å²) < 4.78 is 6.34. The van der Waals surface area contributed by atoms with Gasteiger partial charge in [0.1, 0.15) is 12.6 Å². The van der Waals surface area contributed by atoms with Gasteiger partial charge in [-0.3, -0.25) is 23.9 Å². The molecular formula is C14H15N3O5. The molecule has 0 radical (unpaired) electrons. The van der Waals surface area contributed by atoms with Crippen LogP contribution in [0.15, 0.2) is 29.3 Å². The molecule has 116 valence electrons. The zero-order valence-corrected chi connectivity index (χ0v) is 11.8. The lowest BCUT2D eigenvalue weighted by atomic mass is 10.0. The monoisotopic (exact) mass is 305 g/mol. The third-order valence-corrected chi connectivity index (χ3v) is 3.77. The Morgan fingerprint density at radius 1 is 1.05 bits per heavy atom. The molecule has 2 saturated heterocycles. The normalized spacial score (nSPS) is 23.1. The van der Waals surface area contributed by atoms with Crippen molar-refractivity contribution in [3.05, 3.63) is 34.7 Å². The van der Waals surface area contributed by atoms with Gasteiger partial charge in [-0.15, -0.1) is 0 Å². The molecule has 1 aromatic rings. The molecule has 2 aliphatic rings. The van der Waals surface area contributed by atoms with Crippen molar-refractivity contribution in [2.45, 2.75) is 18.9 Å². The number of ether oxygens (including phenoxy) is 1. The van der Waals surface area contributed by atoms with Crippen LogP contribution in [0.25, 0.3) is 0 Å². The van der Waals surface area contributed by atoms with E-state index in [1.807, 2.05) is 0 Å². The van der Waals surface area contributed by atoms with E-state index in [9.17, 15) is 19.2 Å². The number of nitrogens with zero attached hydrogens (tertiary/aromatic N) is 3. The first kappa shape index (κ1) is 14.5. The van der Waals surface area contributed by atoms with Crippen LogP contribution in [0, 0.1) is 0 Å². The van der Waals surface area contributed by atoms with Crippen molar-refractivity contribution >= 4 is 17.7 Å². The molecular weight excluding hydrogens is 290 g/mol. The fraction of sp³-hybridized carbons (Fsp3) is 0.429. The lowest BCUT2D eigenvalue weighted by molar-refractivity contribution is -0.153. The number of hydrogen-bond donors (Lipinski definition) is 0. The van der Waals surface area contributed by atoms with E-state index in [4.69, 9.17) is 4.74 Å². The zero-order chi connectivity index (χ0) is 15.7. The molecule has 3 rings (SSSR count). The summed E-state index contributed by atoms with van der Waals surface area (Å²) in [6.45, 7) is 0.665. The number of amides is 3. The third kappa shape index (κ3) is 2.52. The molecule has 3 heterocycles. The van der Waals surface area contributed by atoms with Gasteiger partial charge in [0, 0.05) is 37.5 Å². The van der Waals surface area contributed by atoms with E-state index in [0.29, 0.717) is 19.6 Å². The summed E-state index contributed by atoms with van der Waals surface area (Å²) in [5.41, 5.74) is -0.215. The van der Waals surface area contributed by atoms with Crippen molar-refractivity contribution in [2.75, 3.05) is 24.8 Å². The Balaban J connectivity index is 1.88. The first-order valence-corrected chi connectivity index (χ1v) is 7.00. The van der Waals surface area contributed by atoms with Crippen molar-refractivity contribution in [1.82, 2.24) is 9.58 Å². The van der Waals surface area contributed by atoms with Crippen LogP contribution >= 0.6 is 0 Å². The predicted molar refractivity (Wildman–Crippen MR) is 74.5 cm³/mol. The van der Waals surface area contributed by atoms with Crippen LogP contribution < -0.4 is 10.4 Å². The summed E-state index contributed by atoms with van der Waals surface area (Å²) in [6.07, 6.45) is 3.19. The largest absolute Gasteiger partial charge is 0.370 e. The van der Waals surface area contributed by atoms with Gasteiger partial charge in [-0.25, -0.2) is 0 Å². The summed E-state index contributed by atoms with van der Waals surface area (Å²) >= 11 is 0. The van der Waals surface area contributed by atoms with Gasteiger partial charge in [0.05, 0.1) is 6.61 Å². The van der Waals surface area contributed by atoms with E-state index in [-0.39, 0.29) is 30.3 Å². The topological polar surface area (TPSA) is 88.9 Å². The Labute approximate surface area is 125 Å². The molecule has 0 aliphatic carbocycles. The molecule has 0 N–H and O–H groups in total. The molecule has 3 amide bonds. The van der Waals surface area contributed by atoms with Gasteiger partial charge in [-0.05, 0) is 6.42 Å². The van der Waals surface area contributed by atoms with Gasteiger partial charge in [0.15, 0.2) is 5.43 Å². The van der Waals surface area contributed by atoms with Crippen molar-refractivity contribution < 1.29 is 19.1 Å². The van der Waals surface area contributed by atoms with Gasteiger partial charge in [-0.2, -0.15) is 5.01 Å². The Hall–Kier alpha value is -2.48. The van der Waals surface area contributed by atoms with Crippen LogP contribution in [-0.4, -0.2) is 53.1 Å². The van der Waals surface area contributed by atoms with E-state index in [2.05, 4.69) is 0 Å². The van der Waals surface area contributed by atoms with Crippen molar-refractivity contribution in [3.8, 4) is 0 Å². The lowest BCUT2D eigenvalue weighted by Crippen LogP contribution is -2.61. The van der Waals surface area contributed by atoms with Crippen LogP contribution in [-0.2, 0) is 19.1 Å². The average molecular weight is 305 g/mol. The smallest absolute Gasteiger partial charge is 0.271 e. The SMILES string of the molecule is O=C1COCCN1C1CCC(=O)N(n2ccc(=O)cc2)C1=O. The molecule has 0 spiro atoms. The van der Waals surface area contributed by atoms with Gasteiger partial charge >= 0.3 is 0 Å². The highest BCUT2D eigenvalue weighted by molar-refractivity contribution is 6.13. The summed E-state index contributed by atoms with van der Waals surface area (Å²) in [5.74, 6) is -1.07. The van der Waals surface area contributed by atoms with E-state index in [1.54, 1.807) is 0 Å². The molecule has 1 aromatic heterocycles. The third-order valence-electron chi connectivity index (χ3n) is 3.77. The molecule has 0 saturated carbocycles. The first-order chi connectivity index (χ1) is 10.6. The highest BCUT2D eigenvalue weighted by Gasteiger charge is 2.41. The molecule has 1 atom stereocenters. The Morgan fingerprint density at radius 3 is 2.45 bits per heavy atom. The summed E-state index contributed by atoms with van der Waals surface area (Å²) in [6, 6.07) is 1.86. The fourth-order valence-corrected chi connectivity index (χ4v) is 2.68. The minimum Gasteiger partial charge on any atom is -0.370 e. The van der Waals surface area contributed by atoms with Gasteiger partial charge < -0.3 is 9.64 Å². The van der Waals surface area contributed by atoms with E-state index in [1.165, 1.54) is 34.1 Å². The van der Waals surface area contributed by atoms with Crippen molar-refractivity contribution in [3.63, 3.8) is 0 Å². The number of hydrogen-bond acceptors (Lipinski definition) is 5. The van der Waals surface area contributed by atoms with Gasteiger partial charge in [-0.1, -0.05) is 0 Å². The van der Waals surface area contributed by atoms with Crippen molar-refractivity contribution in [2.24, 2.45) is 0 Å². The molecule has 2 fully saturated rings. The maximum Gasteiger partial charge on any atom is 0.271 e. The standard InChI is InChI=1S/C14H15N3O5/c18-10-3-5-15(6-4-10)17-12(19)2-1-11(14(17)21)16-7-8-22-9-13(16)20/h3-6,11H,1-2,7-9H2. The number of pyridine rings is 1. The average Bonchev–Trinajstić information content (AvgIpc) is 2.50. The maximum absolute atomic E-state index is 12.6. The van der Waals surface area contributed by atoms with Crippen LogP contribution in [0.2, 0.25) is 0 Å². The summed E-state index contributed by atoms with van der Waals surface area (Å²) in [4.78, 5) is 49.2. The summed E-state index contributed by atoms with van der Waals surface area (Å²) in [5, 5.41) is 0.982. The minimum absolute atomic E-state index is 0.0459. The number of aromatic nitrogens is 1. The van der Waals surface area contributed by atoms with Gasteiger partial charge in [0.2, 0.25) is 11.8 Å². The van der Waals surface area contributed by atoms with Crippen LogP contribution in [0.1, 0.15) is 12.8 Å². The quantitative estimate of drug-likeness (QED) is 0.644. The molecule has 8 heteroatoms.